The van der Waals surface area contributed by atoms with Gasteiger partial charge in [0, 0.05) is 47.4 Å². The monoisotopic (exact) mass is 598 g/mol. The van der Waals surface area contributed by atoms with Crippen LogP contribution in [0, 0.1) is 0 Å². The first kappa shape index (κ1) is 26.2. The topological polar surface area (TPSA) is 135 Å². The number of pyridine rings is 1. The van der Waals surface area contributed by atoms with E-state index in [0.717, 1.165) is 37.1 Å². The lowest BCUT2D eigenvalue weighted by atomic mass is 10.1. The van der Waals surface area contributed by atoms with E-state index in [1.165, 1.54) is 23.4 Å². The number of hydrogen-bond acceptors (Lipinski definition) is 10. The number of fused-ring (bicyclic) bond motifs is 1. The van der Waals surface area contributed by atoms with Gasteiger partial charge in [0.1, 0.15) is 5.65 Å². The summed E-state index contributed by atoms with van der Waals surface area (Å²) in [5.41, 5.74) is 2.17. The molecule has 13 heteroatoms. The number of halogens is 1. The molecule has 1 aliphatic heterocycles. The van der Waals surface area contributed by atoms with E-state index in [0.29, 0.717) is 33.1 Å². The van der Waals surface area contributed by atoms with Crippen LogP contribution >= 0.6 is 15.9 Å². The fraction of sp³-hybridized carbons (Fsp3) is 0.320. The average Bonchev–Trinajstić information content (AvgIpc) is 2.88. The summed E-state index contributed by atoms with van der Waals surface area (Å²) in [4.78, 5) is 24.4. The Kier molecular flexibility index (Phi) is 7.41. The van der Waals surface area contributed by atoms with Crippen molar-refractivity contribution in [3.8, 4) is 0 Å². The van der Waals surface area contributed by atoms with Crippen molar-refractivity contribution in [3.63, 3.8) is 0 Å². The summed E-state index contributed by atoms with van der Waals surface area (Å²) >= 11 is 3.30. The van der Waals surface area contributed by atoms with Gasteiger partial charge in [-0.3, -0.25) is 9.36 Å². The van der Waals surface area contributed by atoms with Crippen molar-refractivity contribution < 1.29 is 8.42 Å². The third kappa shape index (κ3) is 5.84. The maximum atomic E-state index is 13.1. The molecule has 1 fully saturated rings. The van der Waals surface area contributed by atoms with Crippen LogP contribution in [0.4, 0.5) is 17.3 Å². The number of anilines is 3. The Morgan fingerprint density at radius 1 is 1.11 bits per heavy atom. The second-order valence-corrected chi connectivity index (χ2v) is 12.3. The van der Waals surface area contributed by atoms with Crippen LogP contribution in [0.2, 0.25) is 0 Å². The molecule has 1 aromatic carbocycles. The van der Waals surface area contributed by atoms with Gasteiger partial charge in [-0.15, -0.1) is 0 Å². The largest absolute Gasteiger partial charge is 0.381 e. The standard InChI is InChI=1S/C25H27BrN8O3S/c1-33-9-3-4-20(15-33)30-18-5-7-19(8-6-18)31-25-27-11-16-10-21(26)24(35)34(23(16)32-25)14-17-12-28-29-13-22(17)38(2,36)37/h5-8,10-13,20,30H,3-4,9,14-15H2,1-2H3,(H,27,31,32). The number of piperidine rings is 1. The third-order valence-electron chi connectivity index (χ3n) is 6.42. The lowest BCUT2D eigenvalue weighted by molar-refractivity contribution is 0.261. The highest BCUT2D eigenvalue weighted by Gasteiger charge is 2.19. The molecule has 0 amide bonds. The maximum absolute atomic E-state index is 13.1. The Morgan fingerprint density at radius 2 is 1.84 bits per heavy atom. The van der Waals surface area contributed by atoms with Crippen LogP contribution in [0.3, 0.4) is 0 Å². The molecule has 2 N–H and O–H groups in total. The van der Waals surface area contributed by atoms with Crippen LogP contribution in [0.25, 0.3) is 11.0 Å². The quantitative estimate of drug-likeness (QED) is 0.326. The second-order valence-electron chi connectivity index (χ2n) is 9.46. The molecular weight excluding hydrogens is 572 g/mol. The molecule has 3 aromatic heterocycles. The molecule has 1 aliphatic rings. The van der Waals surface area contributed by atoms with E-state index in [4.69, 9.17) is 0 Å². The van der Waals surface area contributed by atoms with Gasteiger partial charge in [0.05, 0.1) is 28.3 Å². The second kappa shape index (κ2) is 10.8. The third-order valence-corrected chi connectivity index (χ3v) is 8.15. The smallest absolute Gasteiger partial charge is 0.266 e. The Hall–Kier alpha value is -3.42. The van der Waals surface area contributed by atoms with Gasteiger partial charge in [-0.05, 0) is 72.7 Å². The average molecular weight is 600 g/mol. The highest BCUT2D eigenvalue weighted by molar-refractivity contribution is 9.10. The van der Waals surface area contributed by atoms with Crippen LogP contribution in [0.15, 0.2) is 63.1 Å². The summed E-state index contributed by atoms with van der Waals surface area (Å²) in [6.45, 7) is 2.10. The summed E-state index contributed by atoms with van der Waals surface area (Å²) in [5.74, 6) is 0.304. The molecule has 0 saturated carbocycles. The zero-order valence-electron chi connectivity index (χ0n) is 20.9. The molecule has 1 saturated heterocycles. The molecular formula is C25H27BrN8O3S. The van der Waals surface area contributed by atoms with Gasteiger partial charge in [0.25, 0.3) is 5.56 Å². The first-order chi connectivity index (χ1) is 18.2. The van der Waals surface area contributed by atoms with Gasteiger partial charge in [0.15, 0.2) is 9.84 Å². The summed E-state index contributed by atoms with van der Waals surface area (Å²) in [5, 5.41) is 14.9. The maximum Gasteiger partial charge on any atom is 0.266 e. The van der Waals surface area contributed by atoms with Crippen molar-refractivity contribution in [1.82, 2.24) is 29.6 Å². The number of rotatable bonds is 7. The lowest BCUT2D eigenvalue weighted by Gasteiger charge is -2.30. The van der Waals surface area contributed by atoms with Crippen molar-refractivity contribution in [1.29, 1.82) is 0 Å². The molecule has 198 valence electrons. The van der Waals surface area contributed by atoms with Gasteiger partial charge in [-0.2, -0.15) is 15.2 Å². The zero-order chi connectivity index (χ0) is 26.9. The number of hydrogen-bond donors (Lipinski definition) is 2. The van der Waals surface area contributed by atoms with Gasteiger partial charge in [0.2, 0.25) is 5.95 Å². The molecule has 4 aromatic rings. The molecule has 5 rings (SSSR count). The van der Waals surface area contributed by atoms with E-state index < -0.39 is 9.84 Å². The predicted molar refractivity (Wildman–Crippen MR) is 150 cm³/mol. The molecule has 38 heavy (non-hydrogen) atoms. The molecule has 1 atom stereocenters. The minimum absolute atomic E-state index is 0.00787. The molecule has 0 spiro atoms. The molecule has 0 aliphatic carbocycles. The summed E-state index contributed by atoms with van der Waals surface area (Å²) in [6.07, 6.45) is 7.56. The van der Waals surface area contributed by atoms with Gasteiger partial charge >= 0.3 is 0 Å². The summed E-state index contributed by atoms with van der Waals surface area (Å²) in [7, 11) is -1.44. The number of sulfone groups is 1. The van der Waals surface area contributed by atoms with Crippen LogP contribution in [0.5, 0.6) is 0 Å². The Morgan fingerprint density at radius 3 is 2.58 bits per heavy atom. The van der Waals surface area contributed by atoms with Crippen LogP contribution in [-0.2, 0) is 16.4 Å². The van der Waals surface area contributed by atoms with Crippen LogP contribution in [0.1, 0.15) is 18.4 Å². The van der Waals surface area contributed by atoms with Crippen molar-refractivity contribution in [2.24, 2.45) is 0 Å². The zero-order valence-corrected chi connectivity index (χ0v) is 23.3. The Balaban J connectivity index is 1.42. The van der Waals surface area contributed by atoms with Crippen molar-refractivity contribution in [2.45, 2.75) is 30.3 Å². The van der Waals surface area contributed by atoms with Crippen molar-refractivity contribution in [2.75, 3.05) is 37.0 Å². The number of nitrogens with zero attached hydrogens (tertiary/aromatic N) is 6. The number of benzene rings is 1. The minimum Gasteiger partial charge on any atom is -0.381 e. The minimum atomic E-state index is -3.58. The van der Waals surface area contributed by atoms with Crippen LogP contribution < -0.4 is 16.2 Å². The van der Waals surface area contributed by atoms with Crippen LogP contribution in [-0.4, -0.2) is 70.5 Å². The number of likely N-dealkylation sites (tertiary alicyclic amines) is 1. The predicted octanol–water partition coefficient (Wildman–Crippen LogP) is 3.05. The number of likely N-dealkylation sites (N-methyl/N-ethyl adjacent to an activating group) is 1. The van der Waals surface area contributed by atoms with E-state index in [1.807, 2.05) is 24.3 Å². The highest BCUT2D eigenvalue weighted by Crippen LogP contribution is 2.22. The lowest BCUT2D eigenvalue weighted by Crippen LogP contribution is -2.39. The number of aromatic nitrogens is 5. The van der Waals surface area contributed by atoms with E-state index >= 15 is 0 Å². The fourth-order valence-electron chi connectivity index (χ4n) is 4.59. The normalized spacial score (nSPS) is 16.4. The number of nitrogens with one attached hydrogen (secondary N) is 2. The van der Waals surface area contributed by atoms with E-state index in [2.05, 4.69) is 58.7 Å². The first-order valence-corrected chi connectivity index (χ1v) is 14.7. The first-order valence-electron chi connectivity index (χ1n) is 12.1. The molecule has 11 nitrogen and oxygen atoms in total. The van der Waals surface area contributed by atoms with E-state index in [9.17, 15) is 13.2 Å². The van der Waals surface area contributed by atoms with E-state index in [1.54, 1.807) is 12.3 Å². The fourth-order valence-corrected chi connectivity index (χ4v) is 5.88. The van der Waals surface area contributed by atoms with Gasteiger partial charge < -0.3 is 15.5 Å². The van der Waals surface area contributed by atoms with Crippen molar-refractivity contribution in [3.05, 3.63) is 69.3 Å². The van der Waals surface area contributed by atoms with Crippen molar-refractivity contribution >= 4 is 54.1 Å². The SMILES string of the molecule is CN1CCCC(Nc2ccc(Nc3ncc4cc(Br)c(=O)n(Cc5cnncc5S(C)(=O)=O)c4n3)cc2)C1. The van der Waals surface area contributed by atoms with Gasteiger partial charge in [-0.25, -0.2) is 13.4 Å². The molecule has 0 bridgehead atoms. The summed E-state index contributed by atoms with van der Waals surface area (Å²) in [6, 6.07) is 9.97. The summed E-state index contributed by atoms with van der Waals surface area (Å²) < 4.78 is 26.2. The van der Waals surface area contributed by atoms with E-state index in [-0.39, 0.29) is 17.0 Å². The van der Waals surface area contributed by atoms with Gasteiger partial charge in [-0.1, -0.05) is 0 Å². The molecule has 4 heterocycles. The highest BCUT2D eigenvalue weighted by atomic mass is 79.9. The molecule has 0 radical (unpaired) electrons. The molecule has 1 unspecified atom stereocenters. The Labute approximate surface area is 228 Å². The Bertz CT molecular complexity index is 1640.